The van der Waals surface area contributed by atoms with Gasteiger partial charge in [-0.1, -0.05) is 24.3 Å². The van der Waals surface area contributed by atoms with Crippen LogP contribution in [-0.2, 0) is 9.59 Å². The summed E-state index contributed by atoms with van der Waals surface area (Å²) in [6.45, 7) is 0.0456. The van der Waals surface area contributed by atoms with Gasteiger partial charge in [0.2, 0.25) is 0 Å². The summed E-state index contributed by atoms with van der Waals surface area (Å²) in [6, 6.07) is 12.2. The molecule has 2 aromatic carbocycles. The molecule has 0 aliphatic rings. The Hall–Kier alpha value is -3.53. The Morgan fingerprint density at radius 3 is 2.50 bits per heavy atom. The molecule has 2 aromatic rings. The molecule has 0 aliphatic carbocycles. The third-order valence-electron chi connectivity index (χ3n) is 3.85. The largest absolute Gasteiger partial charge is 0.550 e. The van der Waals surface area contributed by atoms with Crippen molar-refractivity contribution in [3.63, 3.8) is 0 Å². The number of nitro benzene ring substituents is 1. The number of carboxylic acid groups (broad SMARTS) is 1. The summed E-state index contributed by atoms with van der Waals surface area (Å²) < 4.78 is 0.520. The predicted molar refractivity (Wildman–Crippen MR) is 110 cm³/mol. The number of rotatable bonds is 9. The standard InChI is InChI=1S/C20H18BrN3O6/c21-16-8-2-1-7-15(16)19(27)23-17(20(28)22-10-4-9-18(25)26)12-13-5-3-6-14(11-13)24(29)30/h1-3,5-8,11-12H,4,9-10H2,(H,22,28)(H,23,27)(H,25,26)/p-1/b17-12+. The van der Waals surface area contributed by atoms with E-state index in [0.717, 1.165) is 0 Å². The summed E-state index contributed by atoms with van der Waals surface area (Å²) in [5.74, 6) is -2.47. The smallest absolute Gasteiger partial charge is 0.270 e. The SMILES string of the molecule is O=C([O-])CCCNC(=O)/C(=C\c1cccc([N+](=O)[O-])c1)NC(=O)c1ccccc1Br. The average Bonchev–Trinajstić information content (AvgIpc) is 2.70. The number of nitrogens with one attached hydrogen (secondary N) is 2. The maximum atomic E-state index is 12.6. The van der Waals surface area contributed by atoms with E-state index in [4.69, 9.17) is 0 Å². The fraction of sp³-hybridized carbons (Fsp3) is 0.150. The molecule has 10 heteroatoms. The Morgan fingerprint density at radius 1 is 1.10 bits per heavy atom. The molecule has 0 atom stereocenters. The first-order valence-electron chi connectivity index (χ1n) is 8.78. The number of halogens is 1. The molecule has 9 nitrogen and oxygen atoms in total. The third kappa shape index (κ3) is 6.82. The van der Waals surface area contributed by atoms with E-state index in [9.17, 15) is 29.6 Å². The third-order valence-corrected chi connectivity index (χ3v) is 4.54. The summed E-state index contributed by atoms with van der Waals surface area (Å²) >= 11 is 3.26. The van der Waals surface area contributed by atoms with Crippen molar-refractivity contribution in [3.05, 3.63) is 79.9 Å². The van der Waals surface area contributed by atoms with E-state index in [0.29, 0.717) is 10.0 Å². The first kappa shape index (κ1) is 22.8. The highest BCUT2D eigenvalue weighted by atomic mass is 79.9. The molecule has 0 aliphatic heterocycles. The Bertz CT molecular complexity index is 1010. The second kappa shape index (κ2) is 10.9. The number of hydrogen-bond acceptors (Lipinski definition) is 6. The Labute approximate surface area is 180 Å². The normalized spacial score (nSPS) is 10.9. The van der Waals surface area contributed by atoms with Crippen LogP contribution in [-0.4, -0.2) is 29.3 Å². The van der Waals surface area contributed by atoms with Gasteiger partial charge in [0, 0.05) is 29.1 Å². The molecule has 2 amide bonds. The van der Waals surface area contributed by atoms with E-state index in [1.54, 1.807) is 30.3 Å². The fourth-order valence-corrected chi connectivity index (χ4v) is 2.88. The first-order valence-corrected chi connectivity index (χ1v) is 9.57. The lowest BCUT2D eigenvalue weighted by Crippen LogP contribution is -2.35. The summed E-state index contributed by atoms with van der Waals surface area (Å²) in [5, 5.41) is 26.5. The topological polar surface area (TPSA) is 141 Å². The molecule has 2 rings (SSSR count). The number of nitrogens with zero attached hydrogens (tertiary/aromatic N) is 1. The lowest BCUT2D eigenvalue weighted by atomic mass is 10.1. The Kier molecular flexibility index (Phi) is 8.24. The zero-order valence-electron chi connectivity index (χ0n) is 15.6. The van der Waals surface area contributed by atoms with Crippen LogP contribution in [0.25, 0.3) is 6.08 Å². The van der Waals surface area contributed by atoms with Gasteiger partial charge in [-0.3, -0.25) is 19.7 Å². The Balaban J connectivity index is 2.27. The fourth-order valence-electron chi connectivity index (χ4n) is 2.42. The van der Waals surface area contributed by atoms with Crippen molar-refractivity contribution in [1.82, 2.24) is 10.6 Å². The van der Waals surface area contributed by atoms with E-state index >= 15 is 0 Å². The molecule has 0 spiro atoms. The first-order chi connectivity index (χ1) is 14.3. The van der Waals surface area contributed by atoms with Gasteiger partial charge in [-0.05, 0) is 52.5 Å². The minimum atomic E-state index is -1.24. The summed E-state index contributed by atoms with van der Waals surface area (Å²) in [6.07, 6.45) is 1.22. The molecule has 0 radical (unpaired) electrons. The van der Waals surface area contributed by atoms with Gasteiger partial charge < -0.3 is 20.5 Å². The maximum Gasteiger partial charge on any atom is 0.270 e. The minimum absolute atomic E-state index is 0.0456. The van der Waals surface area contributed by atoms with Crippen molar-refractivity contribution in [1.29, 1.82) is 0 Å². The van der Waals surface area contributed by atoms with Crippen LogP contribution in [0, 0.1) is 10.1 Å². The minimum Gasteiger partial charge on any atom is -0.550 e. The summed E-state index contributed by atoms with van der Waals surface area (Å²) in [5.41, 5.74) is 0.294. The van der Waals surface area contributed by atoms with E-state index in [-0.39, 0.29) is 36.3 Å². The second-order valence-electron chi connectivity index (χ2n) is 6.08. The number of nitro groups is 1. The number of non-ortho nitro benzene ring substituents is 1. The maximum absolute atomic E-state index is 12.6. The summed E-state index contributed by atoms with van der Waals surface area (Å²) in [4.78, 5) is 46.1. The van der Waals surface area contributed by atoms with Crippen molar-refractivity contribution < 1.29 is 24.4 Å². The zero-order valence-corrected chi connectivity index (χ0v) is 17.2. The molecular weight excluding hydrogens is 458 g/mol. The van der Waals surface area contributed by atoms with Gasteiger partial charge in [0.1, 0.15) is 5.70 Å². The molecule has 2 N–H and O–H groups in total. The van der Waals surface area contributed by atoms with Crippen molar-refractivity contribution in [2.75, 3.05) is 6.54 Å². The van der Waals surface area contributed by atoms with Gasteiger partial charge in [0.25, 0.3) is 17.5 Å². The van der Waals surface area contributed by atoms with Crippen LogP contribution in [0.15, 0.2) is 58.7 Å². The second-order valence-corrected chi connectivity index (χ2v) is 6.93. The number of hydrogen-bond donors (Lipinski definition) is 2. The highest BCUT2D eigenvalue weighted by Gasteiger charge is 2.16. The van der Waals surface area contributed by atoms with E-state index < -0.39 is 22.7 Å². The quantitative estimate of drug-likeness (QED) is 0.245. The van der Waals surface area contributed by atoms with Crippen LogP contribution < -0.4 is 15.7 Å². The van der Waals surface area contributed by atoms with Crippen LogP contribution in [0.1, 0.15) is 28.8 Å². The number of aliphatic carboxylic acids is 1. The van der Waals surface area contributed by atoms with E-state index in [2.05, 4.69) is 26.6 Å². The number of carbonyl (C=O) groups is 3. The van der Waals surface area contributed by atoms with Crippen LogP contribution in [0.2, 0.25) is 0 Å². The van der Waals surface area contributed by atoms with Crippen molar-refractivity contribution in [2.24, 2.45) is 0 Å². The van der Waals surface area contributed by atoms with Gasteiger partial charge in [-0.25, -0.2) is 0 Å². The number of carboxylic acids is 1. The van der Waals surface area contributed by atoms with Gasteiger partial charge in [0.05, 0.1) is 10.5 Å². The number of amides is 2. The highest BCUT2D eigenvalue weighted by molar-refractivity contribution is 9.10. The highest BCUT2D eigenvalue weighted by Crippen LogP contribution is 2.18. The molecule has 0 heterocycles. The van der Waals surface area contributed by atoms with Crippen molar-refractivity contribution in [2.45, 2.75) is 12.8 Å². The van der Waals surface area contributed by atoms with Crippen molar-refractivity contribution >= 4 is 45.5 Å². The van der Waals surface area contributed by atoms with Crippen molar-refractivity contribution in [3.8, 4) is 0 Å². The van der Waals surface area contributed by atoms with E-state index in [1.807, 2.05) is 0 Å². The van der Waals surface area contributed by atoms with E-state index in [1.165, 1.54) is 24.3 Å². The van der Waals surface area contributed by atoms with Crippen LogP contribution in [0.3, 0.4) is 0 Å². The molecule has 0 unspecified atom stereocenters. The summed E-state index contributed by atoms with van der Waals surface area (Å²) in [7, 11) is 0. The molecule has 0 aromatic heterocycles. The lowest BCUT2D eigenvalue weighted by Gasteiger charge is -2.12. The van der Waals surface area contributed by atoms with Gasteiger partial charge >= 0.3 is 0 Å². The lowest BCUT2D eigenvalue weighted by molar-refractivity contribution is -0.384. The van der Waals surface area contributed by atoms with Crippen LogP contribution >= 0.6 is 15.9 Å². The molecule has 0 saturated carbocycles. The predicted octanol–water partition coefficient (Wildman–Crippen LogP) is 1.77. The molecule has 0 saturated heterocycles. The van der Waals surface area contributed by atoms with Crippen LogP contribution in [0.4, 0.5) is 5.69 Å². The Morgan fingerprint density at radius 2 is 1.83 bits per heavy atom. The van der Waals surface area contributed by atoms with Gasteiger partial charge in [-0.15, -0.1) is 0 Å². The molecular formula is C20H17BrN3O6-. The molecule has 156 valence electrons. The van der Waals surface area contributed by atoms with Crippen LogP contribution in [0.5, 0.6) is 0 Å². The molecule has 0 fully saturated rings. The number of benzene rings is 2. The zero-order chi connectivity index (χ0) is 22.1. The number of carbonyl (C=O) groups excluding carboxylic acids is 3. The molecule has 0 bridgehead atoms. The van der Waals surface area contributed by atoms with Gasteiger partial charge in [-0.2, -0.15) is 0 Å². The molecule has 30 heavy (non-hydrogen) atoms. The van der Waals surface area contributed by atoms with Gasteiger partial charge in [0.15, 0.2) is 0 Å². The monoisotopic (exact) mass is 474 g/mol. The average molecular weight is 475 g/mol.